The summed E-state index contributed by atoms with van der Waals surface area (Å²) in [6.07, 6.45) is 5.55. The van der Waals surface area contributed by atoms with Crippen LogP contribution < -0.4 is 0 Å². The molecule has 0 amide bonds. The van der Waals surface area contributed by atoms with Gasteiger partial charge in [0.2, 0.25) is 0 Å². The lowest BCUT2D eigenvalue weighted by molar-refractivity contribution is 0.591. The van der Waals surface area contributed by atoms with Crippen LogP contribution in [0.4, 0.5) is 4.39 Å². The Morgan fingerprint density at radius 2 is 2.35 bits per heavy atom. The highest BCUT2D eigenvalue weighted by atomic mass is 19.1. The number of halogens is 1. The van der Waals surface area contributed by atoms with Gasteiger partial charge in [0, 0.05) is 11.9 Å². The van der Waals surface area contributed by atoms with E-state index in [2.05, 4.69) is 9.55 Å². The Bertz CT molecular complexity index is 609. The van der Waals surface area contributed by atoms with Crippen molar-refractivity contribution in [1.29, 1.82) is 5.26 Å². The van der Waals surface area contributed by atoms with E-state index < -0.39 is 5.82 Å². The fourth-order valence-electron chi connectivity index (χ4n) is 2.39. The first-order chi connectivity index (χ1) is 8.29. The van der Waals surface area contributed by atoms with Gasteiger partial charge in [0.25, 0.3) is 0 Å². The molecule has 3 nitrogen and oxygen atoms in total. The zero-order valence-electron chi connectivity index (χ0n) is 9.10. The summed E-state index contributed by atoms with van der Waals surface area (Å²) in [4.78, 5) is 4.09. The van der Waals surface area contributed by atoms with Gasteiger partial charge >= 0.3 is 0 Å². The van der Waals surface area contributed by atoms with Crippen molar-refractivity contribution in [3.63, 3.8) is 0 Å². The van der Waals surface area contributed by atoms with Crippen molar-refractivity contribution in [2.45, 2.75) is 18.9 Å². The second-order valence-electron chi connectivity index (χ2n) is 4.20. The van der Waals surface area contributed by atoms with E-state index >= 15 is 0 Å². The number of nitriles is 1. The summed E-state index contributed by atoms with van der Waals surface area (Å²) in [6, 6.07) is 6.80. The largest absolute Gasteiger partial charge is 0.327 e. The Morgan fingerprint density at radius 3 is 3.12 bits per heavy atom. The number of rotatable bonds is 1. The molecule has 1 aliphatic heterocycles. The molecule has 4 heteroatoms. The van der Waals surface area contributed by atoms with Gasteiger partial charge in [0.15, 0.2) is 0 Å². The fraction of sp³-hybridized carbons (Fsp3) is 0.231. The monoisotopic (exact) mass is 227 g/mol. The first kappa shape index (κ1) is 10.0. The van der Waals surface area contributed by atoms with Crippen LogP contribution in [0.2, 0.25) is 0 Å². The summed E-state index contributed by atoms with van der Waals surface area (Å²) in [5.74, 6) is -0.446. The summed E-state index contributed by atoms with van der Waals surface area (Å²) in [6.45, 7) is 0. The summed E-state index contributed by atoms with van der Waals surface area (Å²) in [5, 5.41) is 8.69. The molecular formula is C13H10FN3. The second kappa shape index (κ2) is 3.70. The summed E-state index contributed by atoms with van der Waals surface area (Å²) < 4.78 is 15.6. The second-order valence-corrected chi connectivity index (χ2v) is 4.20. The van der Waals surface area contributed by atoms with Crippen molar-refractivity contribution in [3.05, 3.63) is 53.4 Å². The molecule has 1 unspecified atom stereocenters. The van der Waals surface area contributed by atoms with Crippen LogP contribution in [0, 0.1) is 17.1 Å². The van der Waals surface area contributed by atoms with E-state index in [1.165, 1.54) is 11.8 Å². The number of hydrogen-bond donors (Lipinski definition) is 0. The topological polar surface area (TPSA) is 41.6 Å². The highest BCUT2D eigenvalue weighted by Gasteiger charge is 2.23. The third kappa shape index (κ3) is 1.51. The maximum Gasteiger partial charge on any atom is 0.141 e. The van der Waals surface area contributed by atoms with Gasteiger partial charge < -0.3 is 4.57 Å². The van der Waals surface area contributed by atoms with E-state index in [9.17, 15) is 4.39 Å². The summed E-state index contributed by atoms with van der Waals surface area (Å²) in [5.41, 5.74) is 2.18. The molecule has 2 heterocycles. The molecule has 1 aromatic carbocycles. The van der Waals surface area contributed by atoms with Gasteiger partial charge in [0.1, 0.15) is 11.9 Å². The van der Waals surface area contributed by atoms with Crippen molar-refractivity contribution in [3.8, 4) is 6.07 Å². The maximum atomic E-state index is 13.6. The molecule has 0 fully saturated rings. The molecule has 84 valence electrons. The van der Waals surface area contributed by atoms with Crippen molar-refractivity contribution >= 4 is 0 Å². The Hall–Kier alpha value is -2.15. The van der Waals surface area contributed by atoms with Crippen LogP contribution in [0.1, 0.15) is 29.3 Å². The number of hydrogen-bond acceptors (Lipinski definition) is 2. The van der Waals surface area contributed by atoms with Gasteiger partial charge in [0.05, 0.1) is 17.9 Å². The van der Waals surface area contributed by atoms with Crippen LogP contribution in [0.25, 0.3) is 0 Å². The summed E-state index contributed by atoms with van der Waals surface area (Å²) in [7, 11) is 0. The molecule has 0 bridgehead atoms. The first-order valence-electron chi connectivity index (χ1n) is 5.50. The molecule has 0 saturated carbocycles. The van der Waals surface area contributed by atoms with Gasteiger partial charge in [-0.25, -0.2) is 9.37 Å². The molecule has 1 atom stereocenters. The quantitative estimate of drug-likeness (QED) is 0.750. The lowest BCUT2D eigenvalue weighted by Crippen LogP contribution is -2.05. The van der Waals surface area contributed by atoms with Gasteiger partial charge in [-0.3, -0.25) is 0 Å². The van der Waals surface area contributed by atoms with E-state index in [-0.39, 0.29) is 11.6 Å². The minimum absolute atomic E-state index is 0.0950. The molecule has 1 aromatic heterocycles. The van der Waals surface area contributed by atoms with E-state index in [1.54, 1.807) is 12.4 Å². The predicted octanol–water partition coefficient (Wildman–Crippen LogP) is 2.43. The number of imidazole rings is 1. The van der Waals surface area contributed by atoms with Crippen molar-refractivity contribution in [1.82, 2.24) is 9.55 Å². The Labute approximate surface area is 98.1 Å². The maximum absolute atomic E-state index is 13.6. The van der Waals surface area contributed by atoms with Gasteiger partial charge in [-0.15, -0.1) is 0 Å². The van der Waals surface area contributed by atoms with Crippen LogP contribution in [-0.2, 0) is 6.42 Å². The van der Waals surface area contributed by atoms with Crippen LogP contribution in [0.15, 0.2) is 30.7 Å². The molecule has 1 aliphatic rings. The lowest BCUT2D eigenvalue weighted by Gasteiger charge is -2.13. The number of aromatic nitrogens is 2. The summed E-state index contributed by atoms with van der Waals surface area (Å²) >= 11 is 0. The third-order valence-corrected chi connectivity index (χ3v) is 3.25. The zero-order chi connectivity index (χ0) is 11.8. The van der Waals surface area contributed by atoms with E-state index in [0.29, 0.717) is 0 Å². The standard InChI is InChI=1S/C13H10FN3/c14-12-5-9(1-2-10(12)6-15)13-4-3-11-7-16-8-17(11)13/h1-2,5,7-8,13H,3-4H2. The minimum Gasteiger partial charge on any atom is -0.327 e. The average Bonchev–Trinajstić information content (AvgIpc) is 2.90. The van der Waals surface area contributed by atoms with Crippen LogP contribution in [0.5, 0.6) is 0 Å². The van der Waals surface area contributed by atoms with Crippen LogP contribution in [-0.4, -0.2) is 9.55 Å². The van der Waals surface area contributed by atoms with Crippen LogP contribution in [0.3, 0.4) is 0 Å². The highest BCUT2D eigenvalue weighted by Crippen LogP contribution is 2.31. The zero-order valence-corrected chi connectivity index (χ0v) is 9.10. The molecule has 17 heavy (non-hydrogen) atoms. The molecule has 0 spiro atoms. The van der Waals surface area contributed by atoms with Crippen molar-refractivity contribution in [2.24, 2.45) is 0 Å². The Balaban J connectivity index is 2.02. The Kier molecular flexibility index (Phi) is 2.19. The molecule has 0 N–H and O–H groups in total. The molecule has 0 saturated heterocycles. The van der Waals surface area contributed by atoms with Gasteiger partial charge in [-0.2, -0.15) is 5.26 Å². The first-order valence-corrected chi connectivity index (χ1v) is 5.50. The van der Waals surface area contributed by atoms with E-state index in [0.717, 1.165) is 18.4 Å². The van der Waals surface area contributed by atoms with Crippen molar-refractivity contribution < 1.29 is 4.39 Å². The molecule has 3 rings (SSSR count). The fourth-order valence-corrected chi connectivity index (χ4v) is 2.39. The normalized spacial score (nSPS) is 17.8. The predicted molar refractivity (Wildman–Crippen MR) is 59.8 cm³/mol. The van der Waals surface area contributed by atoms with Gasteiger partial charge in [-0.1, -0.05) is 6.07 Å². The minimum atomic E-state index is -0.446. The number of aryl methyl sites for hydroxylation is 1. The smallest absolute Gasteiger partial charge is 0.141 e. The van der Waals surface area contributed by atoms with E-state index in [4.69, 9.17) is 5.26 Å². The third-order valence-electron chi connectivity index (χ3n) is 3.25. The van der Waals surface area contributed by atoms with Crippen LogP contribution >= 0.6 is 0 Å². The number of fused-ring (bicyclic) bond motifs is 1. The number of nitrogens with zero attached hydrogens (tertiary/aromatic N) is 3. The van der Waals surface area contributed by atoms with Crippen molar-refractivity contribution in [2.75, 3.05) is 0 Å². The molecule has 2 aromatic rings. The number of benzene rings is 1. The lowest BCUT2D eigenvalue weighted by atomic mass is 10.0. The SMILES string of the molecule is N#Cc1ccc(C2CCc3cncn32)cc1F. The molecular weight excluding hydrogens is 217 g/mol. The highest BCUT2D eigenvalue weighted by molar-refractivity contribution is 5.35. The average molecular weight is 227 g/mol. The Morgan fingerprint density at radius 1 is 1.47 bits per heavy atom. The molecule has 0 aliphatic carbocycles. The molecule has 0 radical (unpaired) electrons. The van der Waals surface area contributed by atoms with E-state index in [1.807, 2.05) is 18.3 Å². The van der Waals surface area contributed by atoms with Gasteiger partial charge in [-0.05, 0) is 30.5 Å².